The van der Waals surface area contributed by atoms with Crippen molar-refractivity contribution in [2.45, 2.75) is 37.6 Å². The van der Waals surface area contributed by atoms with Gasteiger partial charge in [0.2, 0.25) is 5.91 Å². The summed E-state index contributed by atoms with van der Waals surface area (Å²) in [6.07, 6.45) is 3.30. The van der Waals surface area contributed by atoms with Gasteiger partial charge in [-0.05, 0) is 31.2 Å². The molecule has 0 aromatic heterocycles. The van der Waals surface area contributed by atoms with Crippen molar-refractivity contribution in [3.05, 3.63) is 35.9 Å². The van der Waals surface area contributed by atoms with Crippen LogP contribution in [0.25, 0.3) is 0 Å². The summed E-state index contributed by atoms with van der Waals surface area (Å²) in [5.41, 5.74) is 6.53. The number of hydrogen-bond donors (Lipinski definition) is 3. The Labute approximate surface area is 124 Å². The molecule has 5 nitrogen and oxygen atoms in total. The maximum absolute atomic E-state index is 12.1. The minimum atomic E-state index is -0.924. The van der Waals surface area contributed by atoms with Gasteiger partial charge in [-0.25, -0.2) is 0 Å². The third-order valence-electron chi connectivity index (χ3n) is 4.12. The first kappa shape index (κ1) is 15.5. The Morgan fingerprint density at radius 1 is 1.19 bits per heavy atom. The molecular weight excluding hydrogens is 268 g/mol. The number of amides is 1. The number of carboxylic acid groups (broad SMARTS) is 1. The fourth-order valence-corrected chi connectivity index (χ4v) is 2.76. The van der Waals surface area contributed by atoms with Gasteiger partial charge in [0.05, 0.1) is 5.92 Å². The Hall–Kier alpha value is -1.88. The SMILES string of the molecule is NC1CCC(C(=O)NCC(C(=O)O)c2ccccc2)CC1. The monoisotopic (exact) mass is 290 g/mol. The average molecular weight is 290 g/mol. The number of nitrogens with one attached hydrogen (secondary N) is 1. The molecule has 1 atom stereocenters. The summed E-state index contributed by atoms with van der Waals surface area (Å²) in [5.74, 6) is -1.72. The molecule has 1 saturated carbocycles. The van der Waals surface area contributed by atoms with Crippen LogP contribution in [-0.4, -0.2) is 29.6 Å². The summed E-state index contributed by atoms with van der Waals surface area (Å²) < 4.78 is 0. The van der Waals surface area contributed by atoms with Crippen LogP contribution in [0.5, 0.6) is 0 Å². The minimum Gasteiger partial charge on any atom is -0.481 e. The van der Waals surface area contributed by atoms with E-state index in [4.69, 9.17) is 5.73 Å². The second-order valence-corrected chi connectivity index (χ2v) is 5.66. The number of carbonyl (C=O) groups is 2. The fourth-order valence-electron chi connectivity index (χ4n) is 2.76. The van der Waals surface area contributed by atoms with Crippen molar-refractivity contribution in [2.75, 3.05) is 6.54 Å². The molecule has 1 amide bonds. The first-order valence-electron chi connectivity index (χ1n) is 7.39. The molecule has 4 N–H and O–H groups in total. The number of benzene rings is 1. The molecular formula is C16H22N2O3. The summed E-state index contributed by atoms with van der Waals surface area (Å²) >= 11 is 0. The molecule has 0 radical (unpaired) electrons. The van der Waals surface area contributed by atoms with Crippen molar-refractivity contribution in [3.63, 3.8) is 0 Å². The van der Waals surface area contributed by atoms with Crippen LogP contribution in [-0.2, 0) is 9.59 Å². The molecule has 0 spiro atoms. The Kier molecular flexibility index (Phi) is 5.33. The molecule has 0 saturated heterocycles. The predicted molar refractivity (Wildman–Crippen MR) is 79.8 cm³/mol. The third kappa shape index (κ3) is 4.29. The molecule has 114 valence electrons. The topological polar surface area (TPSA) is 92.4 Å². The number of carboxylic acids is 1. The van der Waals surface area contributed by atoms with Gasteiger partial charge in [-0.15, -0.1) is 0 Å². The number of aliphatic carboxylic acids is 1. The zero-order valence-electron chi connectivity index (χ0n) is 12.0. The normalized spacial score (nSPS) is 23.3. The lowest BCUT2D eigenvalue weighted by molar-refractivity contribution is -0.138. The highest BCUT2D eigenvalue weighted by Crippen LogP contribution is 2.23. The molecule has 1 aromatic rings. The van der Waals surface area contributed by atoms with Gasteiger partial charge in [0.1, 0.15) is 0 Å². The maximum atomic E-state index is 12.1. The van der Waals surface area contributed by atoms with Gasteiger partial charge in [-0.3, -0.25) is 9.59 Å². The summed E-state index contributed by atoms with van der Waals surface area (Å²) in [4.78, 5) is 23.5. The third-order valence-corrected chi connectivity index (χ3v) is 4.12. The maximum Gasteiger partial charge on any atom is 0.312 e. The number of rotatable bonds is 5. The summed E-state index contributed by atoms with van der Waals surface area (Å²) in [6, 6.07) is 9.18. The molecule has 1 fully saturated rings. The summed E-state index contributed by atoms with van der Waals surface area (Å²) in [6.45, 7) is 0.126. The van der Waals surface area contributed by atoms with E-state index in [0.29, 0.717) is 5.56 Å². The van der Waals surface area contributed by atoms with Crippen LogP contribution in [0.15, 0.2) is 30.3 Å². The molecule has 0 heterocycles. The predicted octanol–water partition coefficient (Wildman–Crippen LogP) is 1.49. The van der Waals surface area contributed by atoms with Crippen molar-refractivity contribution in [1.29, 1.82) is 0 Å². The summed E-state index contributed by atoms with van der Waals surface area (Å²) in [5, 5.41) is 12.1. The van der Waals surface area contributed by atoms with Crippen LogP contribution in [0, 0.1) is 5.92 Å². The van der Waals surface area contributed by atoms with Crippen LogP contribution >= 0.6 is 0 Å². The van der Waals surface area contributed by atoms with E-state index in [9.17, 15) is 14.7 Å². The highest BCUT2D eigenvalue weighted by Gasteiger charge is 2.26. The Morgan fingerprint density at radius 3 is 2.38 bits per heavy atom. The van der Waals surface area contributed by atoms with Gasteiger partial charge >= 0.3 is 5.97 Å². The fraction of sp³-hybridized carbons (Fsp3) is 0.500. The number of hydrogen-bond acceptors (Lipinski definition) is 3. The van der Waals surface area contributed by atoms with Crippen LogP contribution in [0.2, 0.25) is 0 Å². The molecule has 1 unspecified atom stereocenters. The lowest BCUT2D eigenvalue weighted by Gasteiger charge is -2.25. The second-order valence-electron chi connectivity index (χ2n) is 5.66. The smallest absolute Gasteiger partial charge is 0.312 e. The molecule has 1 aromatic carbocycles. The van der Waals surface area contributed by atoms with Gasteiger partial charge in [-0.1, -0.05) is 30.3 Å². The van der Waals surface area contributed by atoms with Crippen molar-refractivity contribution in [1.82, 2.24) is 5.32 Å². The molecule has 5 heteroatoms. The molecule has 1 aliphatic rings. The van der Waals surface area contributed by atoms with Gasteiger partial charge in [0, 0.05) is 18.5 Å². The molecule has 0 aliphatic heterocycles. The van der Waals surface area contributed by atoms with Crippen molar-refractivity contribution < 1.29 is 14.7 Å². The van der Waals surface area contributed by atoms with Crippen LogP contribution in [0.1, 0.15) is 37.2 Å². The molecule has 1 aliphatic carbocycles. The lowest BCUT2D eigenvalue weighted by atomic mass is 9.86. The first-order valence-corrected chi connectivity index (χ1v) is 7.39. The average Bonchev–Trinajstić information content (AvgIpc) is 2.48. The van der Waals surface area contributed by atoms with Crippen molar-refractivity contribution in [2.24, 2.45) is 11.7 Å². The van der Waals surface area contributed by atoms with Gasteiger partial charge < -0.3 is 16.2 Å². The largest absolute Gasteiger partial charge is 0.481 e. The Balaban J connectivity index is 1.90. The minimum absolute atomic E-state index is 0.0324. The van der Waals surface area contributed by atoms with E-state index in [-0.39, 0.29) is 24.4 Å². The van der Waals surface area contributed by atoms with E-state index in [0.717, 1.165) is 25.7 Å². The Bertz CT molecular complexity index is 482. The van der Waals surface area contributed by atoms with Crippen LogP contribution < -0.4 is 11.1 Å². The van der Waals surface area contributed by atoms with Crippen LogP contribution in [0.4, 0.5) is 0 Å². The van der Waals surface area contributed by atoms with E-state index in [1.807, 2.05) is 6.07 Å². The highest BCUT2D eigenvalue weighted by atomic mass is 16.4. The zero-order valence-corrected chi connectivity index (χ0v) is 12.0. The first-order chi connectivity index (χ1) is 10.1. The molecule has 0 bridgehead atoms. The summed E-state index contributed by atoms with van der Waals surface area (Å²) in [7, 11) is 0. The molecule has 2 rings (SSSR count). The van der Waals surface area contributed by atoms with E-state index < -0.39 is 11.9 Å². The second kappa shape index (κ2) is 7.22. The zero-order chi connectivity index (χ0) is 15.2. The van der Waals surface area contributed by atoms with E-state index in [1.54, 1.807) is 24.3 Å². The van der Waals surface area contributed by atoms with Crippen molar-refractivity contribution >= 4 is 11.9 Å². The standard InChI is InChI=1S/C16H22N2O3/c17-13-8-6-12(7-9-13)15(19)18-10-14(16(20)21)11-4-2-1-3-5-11/h1-5,12-14H,6-10,17H2,(H,18,19)(H,20,21). The molecule has 21 heavy (non-hydrogen) atoms. The van der Waals surface area contributed by atoms with Crippen molar-refractivity contribution in [3.8, 4) is 0 Å². The number of carbonyl (C=O) groups excluding carboxylic acids is 1. The Morgan fingerprint density at radius 2 is 1.81 bits per heavy atom. The van der Waals surface area contributed by atoms with E-state index in [1.165, 1.54) is 0 Å². The number of nitrogens with two attached hydrogens (primary N) is 1. The van der Waals surface area contributed by atoms with Gasteiger partial charge in [-0.2, -0.15) is 0 Å². The van der Waals surface area contributed by atoms with Gasteiger partial charge in [0.25, 0.3) is 0 Å². The van der Waals surface area contributed by atoms with Crippen LogP contribution in [0.3, 0.4) is 0 Å². The van der Waals surface area contributed by atoms with E-state index in [2.05, 4.69) is 5.32 Å². The quantitative estimate of drug-likeness (QED) is 0.766. The van der Waals surface area contributed by atoms with Gasteiger partial charge in [0.15, 0.2) is 0 Å². The van der Waals surface area contributed by atoms with E-state index >= 15 is 0 Å². The highest BCUT2D eigenvalue weighted by molar-refractivity contribution is 5.81. The lowest BCUT2D eigenvalue weighted by Crippen LogP contribution is -2.39.